The first kappa shape index (κ1) is 15.7. The van der Waals surface area contributed by atoms with Crippen molar-refractivity contribution in [2.45, 2.75) is 57.9 Å². The van der Waals surface area contributed by atoms with Crippen molar-refractivity contribution >= 4 is 11.9 Å². The van der Waals surface area contributed by atoms with Gasteiger partial charge in [-0.1, -0.05) is 6.92 Å². The highest BCUT2D eigenvalue weighted by atomic mass is 16.5. The Balaban J connectivity index is 2.94. The third-order valence-electron chi connectivity index (χ3n) is 3.25. The number of amides is 1. The SMILES string of the molecule is CCC(C)O[C@@H]1C=C(C(=O)O)C[C@H](N)[C@H]1NC(C)=O. The third-order valence-corrected chi connectivity index (χ3v) is 3.25. The molecule has 1 aliphatic carbocycles. The van der Waals surface area contributed by atoms with Crippen LogP contribution in [0.1, 0.15) is 33.6 Å². The van der Waals surface area contributed by atoms with E-state index < -0.39 is 24.2 Å². The number of carbonyl (C=O) groups is 2. The fourth-order valence-corrected chi connectivity index (χ4v) is 2.07. The summed E-state index contributed by atoms with van der Waals surface area (Å²) in [5.41, 5.74) is 6.20. The summed E-state index contributed by atoms with van der Waals surface area (Å²) in [5, 5.41) is 11.8. The Morgan fingerprint density at radius 2 is 2.26 bits per heavy atom. The molecule has 0 spiro atoms. The number of aliphatic carboxylic acids is 1. The number of carboxylic acids is 1. The molecule has 4 atom stereocenters. The number of nitrogens with one attached hydrogen (secondary N) is 1. The van der Waals surface area contributed by atoms with E-state index in [2.05, 4.69) is 5.32 Å². The van der Waals surface area contributed by atoms with E-state index in [-0.39, 0.29) is 24.0 Å². The van der Waals surface area contributed by atoms with Gasteiger partial charge in [0, 0.05) is 18.5 Å². The molecule has 1 amide bonds. The minimum atomic E-state index is -0.991. The lowest BCUT2D eigenvalue weighted by molar-refractivity contribution is -0.133. The second kappa shape index (κ2) is 6.68. The molecule has 4 N–H and O–H groups in total. The van der Waals surface area contributed by atoms with Gasteiger partial charge in [-0.25, -0.2) is 4.79 Å². The van der Waals surface area contributed by atoms with Crippen molar-refractivity contribution in [2.24, 2.45) is 5.73 Å². The van der Waals surface area contributed by atoms with Crippen molar-refractivity contribution in [1.29, 1.82) is 0 Å². The smallest absolute Gasteiger partial charge is 0.331 e. The molecule has 0 aromatic heterocycles. The number of rotatable bonds is 5. The normalized spacial score (nSPS) is 28.4. The quantitative estimate of drug-likeness (QED) is 0.672. The van der Waals surface area contributed by atoms with Crippen LogP contribution in [0.15, 0.2) is 11.6 Å². The Morgan fingerprint density at radius 1 is 1.63 bits per heavy atom. The zero-order chi connectivity index (χ0) is 14.6. The maximum atomic E-state index is 11.2. The van der Waals surface area contributed by atoms with Crippen molar-refractivity contribution in [1.82, 2.24) is 5.32 Å². The molecule has 0 fully saturated rings. The van der Waals surface area contributed by atoms with Crippen LogP contribution in [0.3, 0.4) is 0 Å². The fraction of sp³-hybridized carbons (Fsp3) is 0.692. The number of nitrogens with two attached hydrogens (primary N) is 1. The van der Waals surface area contributed by atoms with Crippen LogP contribution in [0.25, 0.3) is 0 Å². The standard InChI is InChI=1S/C13H22N2O4/c1-4-7(2)19-11-6-9(13(17)18)5-10(14)12(11)15-8(3)16/h6-7,10-12H,4-5,14H2,1-3H3,(H,15,16)(H,17,18)/t7?,10-,11+,12+/m0/s1. The van der Waals surface area contributed by atoms with E-state index in [4.69, 9.17) is 15.6 Å². The van der Waals surface area contributed by atoms with Gasteiger partial charge in [-0.05, 0) is 25.8 Å². The largest absolute Gasteiger partial charge is 0.478 e. The van der Waals surface area contributed by atoms with Gasteiger partial charge >= 0.3 is 5.97 Å². The van der Waals surface area contributed by atoms with Crippen LogP contribution >= 0.6 is 0 Å². The average Bonchev–Trinajstić information content (AvgIpc) is 2.32. The lowest BCUT2D eigenvalue weighted by Gasteiger charge is -2.35. The zero-order valence-electron chi connectivity index (χ0n) is 11.6. The number of hydrogen-bond acceptors (Lipinski definition) is 4. The number of carbonyl (C=O) groups excluding carboxylic acids is 1. The molecule has 0 radical (unpaired) electrons. The van der Waals surface area contributed by atoms with Gasteiger partial charge in [-0.15, -0.1) is 0 Å². The summed E-state index contributed by atoms with van der Waals surface area (Å²) in [6.45, 7) is 5.28. The summed E-state index contributed by atoms with van der Waals surface area (Å²) >= 11 is 0. The van der Waals surface area contributed by atoms with Crippen molar-refractivity contribution < 1.29 is 19.4 Å². The summed E-state index contributed by atoms with van der Waals surface area (Å²) in [4.78, 5) is 22.3. The first-order valence-electron chi connectivity index (χ1n) is 6.47. The fourth-order valence-electron chi connectivity index (χ4n) is 2.07. The van der Waals surface area contributed by atoms with E-state index >= 15 is 0 Å². The monoisotopic (exact) mass is 270 g/mol. The van der Waals surface area contributed by atoms with Gasteiger partial charge in [-0.3, -0.25) is 4.79 Å². The van der Waals surface area contributed by atoms with Gasteiger partial charge < -0.3 is 20.9 Å². The van der Waals surface area contributed by atoms with Crippen LogP contribution in [0, 0.1) is 0 Å². The minimum Gasteiger partial charge on any atom is -0.478 e. The van der Waals surface area contributed by atoms with Gasteiger partial charge in [0.1, 0.15) is 0 Å². The molecule has 0 heterocycles. The van der Waals surface area contributed by atoms with E-state index in [1.165, 1.54) is 6.92 Å². The summed E-state index contributed by atoms with van der Waals surface area (Å²) in [5.74, 6) is -1.19. The van der Waals surface area contributed by atoms with Gasteiger partial charge in [0.25, 0.3) is 0 Å². The molecule has 0 saturated heterocycles. The van der Waals surface area contributed by atoms with E-state index in [9.17, 15) is 9.59 Å². The lowest BCUT2D eigenvalue weighted by Crippen LogP contribution is -2.56. The number of carboxylic acid groups (broad SMARTS) is 1. The third kappa shape index (κ3) is 4.33. The predicted octanol–water partition coefficient (Wildman–Crippen LogP) is 0.417. The molecule has 0 aliphatic heterocycles. The summed E-state index contributed by atoms with van der Waals surface area (Å²) in [7, 11) is 0. The molecule has 1 unspecified atom stereocenters. The highest BCUT2D eigenvalue weighted by molar-refractivity contribution is 5.87. The van der Waals surface area contributed by atoms with E-state index in [1.807, 2.05) is 13.8 Å². The second-order valence-electron chi connectivity index (χ2n) is 4.91. The van der Waals surface area contributed by atoms with Crippen molar-refractivity contribution in [2.75, 3.05) is 0 Å². The second-order valence-corrected chi connectivity index (χ2v) is 4.91. The molecule has 19 heavy (non-hydrogen) atoms. The lowest BCUT2D eigenvalue weighted by atomic mass is 9.88. The van der Waals surface area contributed by atoms with Gasteiger partial charge in [0.05, 0.1) is 18.2 Å². The zero-order valence-corrected chi connectivity index (χ0v) is 11.6. The van der Waals surface area contributed by atoms with E-state index in [0.717, 1.165) is 6.42 Å². The molecular weight excluding hydrogens is 248 g/mol. The first-order chi connectivity index (χ1) is 8.85. The Morgan fingerprint density at radius 3 is 2.74 bits per heavy atom. The van der Waals surface area contributed by atoms with Gasteiger partial charge in [0.15, 0.2) is 0 Å². The van der Waals surface area contributed by atoms with Gasteiger partial charge in [0.2, 0.25) is 5.91 Å². The van der Waals surface area contributed by atoms with Crippen LogP contribution in [-0.4, -0.2) is 41.3 Å². The summed E-state index contributed by atoms with van der Waals surface area (Å²) in [6, 6.07) is -0.858. The van der Waals surface area contributed by atoms with Crippen LogP contribution in [0.4, 0.5) is 0 Å². The topological polar surface area (TPSA) is 102 Å². The van der Waals surface area contributed by atoms with Crippen molar-refractivity contribution in [3.8, 4) is 0 Å². The predicted molar refractivity (Wildman–Crippen MR) is 70.5 cm³/mol. The highest BCUT2D eigenvalue weighted by Gasteiger charge is 2.35. The summed E-state index contributed by atoms with van der Waals surface area (Å²) in [6.07, 6.45) is 2.04. The minimum absolute atomic E-state index is 0.0298. The number of hydrogen-bond donors (Lipinski definition) is 3. The molecular formula is C13H22N2O4. The molecule has 6 nitrogen and oxygen atoms in total. The van der Waals surface area contributed by atoms with Crippen molar-refractivity contribution in [3.05, 3.63) is 11.6 Å². The van der Waals surface area contributed by atoms with Crippen LogP contribution in [0.2, 0.25) is 0 Å². The maximum absolute atomic E-state index is 11.2. The van der Waals surface area contributed by atoms with Gasteiger partial charge in [-0.2, -0.15) is 0 Å². The van der Waals surface area contributed by atoms with Crippen LogP contribution in [-0.2, 0) is 14.3 Å². The van der Waals surface area contributed by atoms with Crippen LogP contribution < -0.4 is 11.1 Å². The van der Waals surface area contributed by atoms with E-state index in [1.54, 1.807) is 6.08 Å². The van der Waals surface area contributed by atoms with E-state index in [0.29, 0.717) is 0 Å². The molecule has 0 saturated carbocycles. The molecule has 0 bridgehead atoms. The highest BCUT2D eigenvalue weighted by Crippen LogP contribution is 2.22. The molecule has 108 valence electrons. The molecule has 0 aromatic carbocycles. The molecule has 1 aliphatic rings. The molecule has 6 heteroatoms. The maximum Gasteiger partial charge on any atom is 0.331 e. The summed E-state index contributed by atoms with van der Waals surface area (Å²) < 4.78 is 5.77. The van der Waals surface area contributed by atoms with Crippen molar-refractivity contribution in [3.63, 3.8) is 0 Å². The Hall–Kier alpha value is -1.40. The first-order valence-corrected chi connectivity index (χ1v) is 6.47. The number of ether oxygens (including phenoxy) is 1. The van der Waals surface area contributed by atoms with Crippen LogP contribution in [0.5, 0.6) is 0 Å². The Bertz CT molecular complexity index is 381. The average molecular weight is 270 g/mol. The molecule has 0 aromatic rings. The Kier molecular flexibility index (Phi) is 5.50. The Labute approximate surface area is 113 Å². The molecule has 1 rings (SSSR count).